The van der Waals surface area contributed by atoms with Gasteiger partial charge in [-0.25, -0.2) is 18.6 Å². The van der Waals surface area contributed by atoms with Gasteiger partial charge >= 0.3 is 5.97 Å². The van der Waals surface area contributed by atoms with Gasteiger partial charge in [-0.05, 0) is 12.1 Å². The molecule has 0 aromatic carbocycles. The second-order valence-electron chi connectivity index (χ2n) is 3.82. The van der Waals surface area contributed by atoms with Crippen molar-refractivity contribution in [1.82, 2.24) is 4.98 Å². The summed E-state index contributed by atoms with van der Waals surface area (Å²) in [6, 6.07) is 4.10. The molecule has 2 N–H and O–H groups in total. The van der Waals surface area contributed by atoms with Crippen LogP contribution in [0.25, 0.3) is 0 Å². The Kier molecular flexibility index (Phi) is 2.49. The number of hydrogen-bond donors (Lipinski definition) is 2. The average molecular weight is 228 g/mol. The summed E-state index contributed by atoms with van der Waals surface area (Å²) >= 11 is 0. The summed E-state index contributed by atoms with van der Waals surface area (Å²) in [6.45, 7) is 0. The highest BCUT2D eigenvalue weighted by molar-refractivity contribution is 5.85. The highest BCUT2D eigenvalue weighted by atomic mass is 19.3. The van der Waals surface area contributed by atoms with Crippen LogP contribution in [0.2, 0.25) is 0 Å². The molecule has 1 saturated carbocycles. The fourth-order valence-corrected chi connectivity index (χ4v) is 1.61. The van der Waals surface area contributed by atoms with E-state index in [4.69, 9.17) is 5.11 Å². The van der Waals surface area contributed by atoms with Gasteiger partial charge in [0.1, 0.15) is 5.82 Å². The maximum Gasteiger partial charge on any atom is 0.354 e. The number of pyridine rings is 1. The molecule has 0 bridgehead atoms. The van der Waals surface area contributed by atoms with Crippen LogP contribution < -0.4 is 5.32 Å². The number of alkyl halides is 2. The molecule has 1 fully saturated rings. The molecule has 0 amide bonds. The van der Waals surface area contributed by atoms with Crippen molar-refractivity contribution in [3.05, 3.63) is 23.9 Å². The highest BCUT2D eigenvalue weighted by Crippen LogP contribution is 2.38. The number of nitrogens with zero attached hydrogens (tertiary/aromatic N) is 1. The van der Waals surface area contributed by atoms with E-state index in [-0.39, 0.29) is 24.6 Å². The molecule has 0 aliphatic heterocycles. The minimum absolute atomic E-state index is 0.101. The molecule has 1 aliphatic rings. The third-order valence-corrected chi connectivity index (χ3v) is 2.41. The van der Waals surface area contributed by atoms with E-state index in [1.165, 1.54) is 12.1 Å². The normalized spacial score (nSPS) is 18.9. The molecule has 86 valence electrons. The molecule has 0 spiro atoms. The van der Waals surface area contributed by atoms with Crippen LogP contribution in [0.15, 0.2) is 18.2 Å². The second-order valence-corrected chi connectivity index (χ2v) is 3.82. The van der Waals surface area contributed by atoms with E-state index in [1.54, 1.807) is 6.07 Å². The molecule has 4 nitrogen and oxygen atoms in total. The molecule has 2 rings (SSSR count). The number of hydrogen-bond acceptors (Lipinski definition) is 3. The number of anilines is 1. The Labute approximate surface area is 90.3 Å². The highest BCUT2D eigenvalue weighted by Gasteiger charge is 2.45. The van der Waals surface area contributed by atoms with Crippen molar-refractivity contribution >= 4 is 11.8 Å². The third kappa shape index (κ3) is 2.26. The number of halogens is 2. The van der Waals surface area contributed by atoms with Gasteiger partial charge in [-0.1, -0.05) is 6.07 Å². The van der Waals surface area contributed by atoms with Crippen LogP contribution in [-0.4, -0.2) is 28.0 Å². The van der Waals surface area contributed by atoms with Crippen molar-refractivity contribution in [3.8, 4) is 0 Å². The summed E-state index contributed by atoms with van der Waals surface area (Å²) in [6.07, 6.45) is -0.460. The molecule has 1 aromatic heterocycles. The van der Waals surface area contributed by atoms with Gasteiger partial charge in [0, 0.05) is 18.9 Å². The summed E-state index contributed by atoms with van der Waals surface area (Å²) in [5, 5.41) is 11.5. The van der Waals surface area contributed by atoms with Crippen molar-refractivity contribution in [1.29, 1.82) is 0 Å². The van der Waals surface area contributed by atoms with Crippen molar-refractivity contribution in [2.24, 2.45) is 0 Å². The molecule has 0 atom stereocenters. The van der Waals surface area contributed by atoms with Crippen LogP contribution in [0.5, 0.6) is 0 Å². The summed E-state index contributed by atoms with van der Waals surface area (Å²) in [5.74, 6) is -3.41. The van der Waals surface area contributed by atoms with Gasteiger partial charge in [0.2, 0.25) is 0 Å². The van der Waals surface area contributed by atoms with Gasteiger partial charge in [-0.3, -0.25) is 0 Å². The Morgan fingerprint density at radius 3 is 2.75 bits per heavy atom. The van der Waals surface area contributed by atoms with Crippen LogP contribution >= 0.6 is 0 Å². The largest absolute Gasteiger partial charge is 0.477 e. The van der Waals surface area contributed by atoms with Crippen molar-refractivity contribution in [3.63, 3.8) is 0 Å². The summed E-state index contributed by atoms with van der Waals surface area (Å²) in [4.78, 5) is 14.4. The van der Waals surface area contributed by atoms with E-state index in [1.807, 2.05) is 0 Å². The summed E-state index contributed by atoms with van der Waals surface area (Å²) in [7, 11) is 0. The molecule has 1 aliphatic carbocycles. The number of carboxylic acid groups (broad SMARTS) is 1. The fraction of sp³-hybridized carbons (Fsp3) is 0.400. The molecule has 0 radical (unpaired) electrons. The lowest BCUT2D eigenvalue weighted by Crippen LogP contribution is -2.44. The molecule has 16 heavy (non-hydrogen) atoms. The first-order valence-electron chi connectivity index (χ1n) is 4.81. The zero-order chi connectivity index (χ0) is 11.8. The lowest BCUT2D eigenvalue weighted by molar-refractivity contribution is -0.0794. The van der Waals surface area contributed by atoms with E-state index in [0.29, 0.717) is 5.82 Å². The molecular formula is C10H10F2N2O2. The van der Waals surface area contributed by atoms with Crippen LogP contribution in [0.1, 0.15) is 23.3 Å². The van der Waals surface area contributed by atoms with E-state index >= 15 is 0 Å². The number of nitrogens with one attached hydrogen (secondary N) is 1. The van der Waals surface area contributed by atoms with Gasteiger partial charge in [0.05, 0.1) is 0 Å². The first-order valence-corrected chi connectivity index (χ1v) is 4.81. The van der Waals surface area contributed by atoms with Gasteiger partial charge in [-0.15, -0.1) is 0 Å². The number of carbonyl (C=O) groups is 1. The Hall–Kier alpha value is -1.72. The number of rotatable bonds is 3. The van der Waals surface area contributed by atoms with E-state index in [9.17, 15) is 13.6 Å². The van der Waals surface area contributed by atoms with E-state index in [0.717, 1.165) is 0 Å². The van der Waals surface area contributed by atoms with Crippen LogP contribution in [-0.2, 0) is 0 Å². The smallest absolute Gasteiger partial charge is 0.354 e. The van der Waals surface area contributed by atoms with Gasteiger partial charge in [-0.2, -0.15) is 0 Å². The SMILES string of the molecule is O=C(O)c1cccc(NC2CC(F)(F)C2)n1. The molecule has 1 heterocycles. The van der Waals surface area contributed by atoms with Gasteiger partial charge < -0.3 is 10.4 Å². The van der Waals surface area contributed by atoms with Crippen LogP contribution in [0, 0.1) is 0 Å². The minimum atomic E-state index is -2.60. The lowest BCUT2D eigenvalue weighted by atomic mass is 9.88. The predicted octanol–water partition coefficient (Wildman–Crippen LogP) is 1.99. The number of aromatic nitrogens is 1. The minimum Gasteiger partial charge on any atom is -0.477 e. The van der Waals surface area contributed by atoms with Gasteiger partial charge in [0.25, 0.3) is 5.92 Å². The Morgan fingerprint density at radius 1 is 1.50 bits per heavy atom. The number of carboxylic acids is 1. The fourth-order valence-electron chi connectivity index (χ4n) is 1.61. The second kappa shape index (κ2) is 3.70. The molecule has 0 unspecified atom stereocenters. The zero-order valence-corrected chi connectivity index (χ0v) is 8.28. The van der Waals surface area contributed by atoms with E-state index < -0.39 is 11.9 Å². The van der Waals surface area contributed by atoms with Crippen molar-refractivity contribution < 1.29 is 18.7 Å². The third-order valence-electron chi connectivity index (χ3n) is 2.41. The van der Waals surface area contributed by atoms with E-state index in [2.05, 4.69) is 10.3 Å². The first-order chi connectivity index (χ1) is 7.46. The quantitative estimate of drug-likeness (QED) is 0.830. The number of aromatic carboxylic acids is 1. The van der Waals surface area contributed by atoms with Crippen molar-refractivity contribution in [2.75, 3.05) is 5.32 Å². The Bertz CT molecular complexity index is 415. The monoisotopic (exact) mass is 228 g/mol. The zero-order valence-electron chi connectivity index (χ0n) is 8.28. The topological polar surface area (TPSA) is 62.2 Å². The maximum absolute atomic E-state index is 12.5. The lowest BCUT2D eigenvalue weighted by Gasteiger charge is -2.35. The average Bonchev–Trinajstić information content (AvgIpc) is 2.15. The molecule has 6 heteroatoms. The van der Waals surface area contributed by atoms with Gasteiger partial charge in [0.15, 0.2) is 5.69 Å². The molecule has 1 aromatic rings. The standard InChI is InChI=1S/C10H10F2N2O2/c11-10(12)4-6(5-10)13-8-3-1-2-7(14-8)9(15)16/h1-3,6H,4-5H2,(H,13,14)(H,15,16). The van der Waals surface area contributed by atoms with Crippen molar-refractivity contribution in [2.45, 2.75) is 24.8 Å². The Morgan fingerprint density at radius 2 is 2.19 bits per heavy atom. The summed E-state index contributed by atoms with van der Waals surface area (Å²) < 4.78 is 25.1. The molecular weight excluding hydrogens is 218 g/mol. The van der Waals surface area contributed by atoms with Crippen LogP contribution in [0.3, 0.4) is 0 Å². The Balaban J connectivity index is 2.00. The predicted molar refractivity (Wildman–Crippen MR) is 52.8 cm³/mol. The van der Waals surface area contributed by atoms with Crippen LogP contribution in [0.4, 0.5) is 14.6 Å². The molecule has 0 saturated heterocycles. The maximum atomic E-state index is 12.5. The summed E-state index contributed by atoms with van der Waals surface area (Å²) in [5.41, 5.74) is -0.101. The first kappa shape index (κ1) is 10.8.